The molecule has 45 heavy (non-hydrogen) atoms. The normalized spacial score (nSPS) is 16.1. The van der Waals surface area contributed by atoms with E-state index in [2.05, 4.69) is 20.7 Å². The first-order valence-electron chi connectivity index (χ1n) is 14.4. The van der Waals surface area contributed by atoms with Gasteiger partial charge < -0.3 is 20.7 Å². The van der Waals surface area contributed by atoms with E-state index >= 15 is 8.78 Å². The van der Waals surface area contributed by atoms with E-state index in [0.717, 1.165) is 31.0 Å². The van der Waals surface area contributed by atoms with Crippen LogP contribution in [0.1, 0.15) is 54.9 Å². The Kier molecular flexibility index (Phi) is 10.6. The lowest BCUT2D eigenvalue weighted by molar-refractivity contribution is -0.253. The standard InChI is InChI=1S/C32H33F8N3O2/c1-2-3-11-41-19-21-12-22(9-10-27(21)34)31(16-20-7-5-4-6-8-20,43-29(44)42-25-17-30(37,38)18-25)23-13-24(33)15-26(14-23)45-32(39,40)28(35)36/h4-10,12-15,25,28,41H,2-3,11,16-19H2,1H3,(H2,42,43,44)/t31-/m1/s1. The molecular formula is C32H33F8N3O2. The van der Waals surface area contributed by atoms with E-state index in [1.807, 2.05) is 6.92 Å². The van der Waals surface area contributed by atoms with Gasteiger partial charge in [0, 0.05) is 43.5 Å². The van der Waals surface area contributed by atoms with Gasteiger partial charge in [-0.2, -0.15) is 17.6 Å². The third kappa shape index (κ3) is 8.65. The lowest BCUT2D eigenvalue weighted by atomic mass is 9.77. The molecule has 1 atom stereocenters. The smallest absolute Gasteiger partial charge is 0.428 e. The van der Waals surface area contributed by atoms with Crippen molar-refractivity contribution in [3.63, 3.8) is 0 Å². The molecule has 1 aliphatic rings. The highest BCUT2D eigenvalue weighted by Gasteiger charge is 2.47. The third-order valence-corrected chi connectivity index (χ3v) is 7.50. The summed E-state index contributed by atoms with van der Waals surface area (Å²) in [5, 5.41) is 8.26. The van der Waals surface area contributed by atoms with Gasteiger partial charge in [0.25, 0.3) is 5.92 Å². The number of carbonyl (C=O) groups is 1. The number of nitrogens with one attached hydrogen (secondary N) is 3. The van der Waals surface area contributed by atoms with Crippen molar-refractivity contribution in [1.82, 2.24) is 16.0 Å². The molecule has 0 heterocycles. The van der Waals surface area contributed by atoms with Crippen LogP contribution in [0.15, 0.2) is 66.7 Å². The topological polar surface area (TPSA) is 62.4 Å². The lowest BCUT2D eigenvalue weighted by Crippen LogP contribution is -2.58. The summed E-state index contributed by atoms with van der Waals surface area (Å²) < 4.78 is 115. The van der Waals surface area contributed by atoms with Crippen LogP contribution in [-0.2, 0) is 18.5 Å². The van der Waals surface area contributed by atoms with Crippen molar-refractivity contribution < 1.29 is 44.7 Å². The predicted octanol–water partition coefficient (Wildman–Crippen LogP) is 7.67. The number of carbonyl (C=O) groups excluding carboxylic acids is 1. The highest BCUT2D eigenvalue weighted by atomic mass is 19.3. The van der Waals surface area contributed by atoms with Crippen molar-refractivity contribution in [3.05, 3.63) is 101 Å². The zero-order chi connectivity index (χ0) is 32.8. The quantitative estimate of drug-likeness (QED) is 0.125. The predicted molar refractivity (Wildman–Crippen MR) is 152 cm³/mol. The number of hydrogen-bond acceptors (Lipinski definition) is 3. The Morgan fingerprint density at radius 2 is 1.71 bits per heavy atom. The Hall–Kier alpha value is -3.87. The van der Waals surface area contributed by atoms with Gasteiger partial charge >= 0.3 is 18.6 Å². The highest BCUT2D eigenvalue weighted by Crippen LogP contribution is 2.40. The second-order valence-electron chi connectivity index (χ2n) is 11.1. The average Bonchev–Trinajstić information content (AvgIpc) is 2.94. The molecule has 0 saturated heterocycles. The number of rotatable bonds is 14. The van der Waals surface area contributed by atoms with Gasteiger partial charge in [-0.25, -0.2) is 22.4 Å². The molecule has 2 amide bonds. The summed E-state index contributed by atoms with van der Waals surface area (Å²) in [5.74, 6) is -5.68. The SMILES string of the molecule is CCCCNCc1cc([C@@](Cc2ccccc2)(NC(=O)NC2CC(F)(F)C2)c2cc(F)cc(OC(F)(F)C(F)F)c2)ccc1F. The first-order valence-corrected chi connectivity index (χ1v) is 14.4. The fraction of sp³-hybridized carbons (Fsp3) is 0.406. The van der Waals surface area contributed by atoms with Crippen molar-refractivity contribution >= 4 is 6.03 Å². The van der Waals surface area contributed by atoms with E-state index in [4.69, 9.17) is 0 Å². The van der Waals surface area contributed by atoms with Gasteiger partial charge in [-0.05, 0) is 53.9 Å². The summed E-state index contributed by atoms with van der Waals surface area (Å²) in [5.41, 5.74) is -1.20. The summed E-state index contributed by atoms with van der Waals surface area (Å²) in [6.07, 6.45) is -8.91. The van der Waals surface area contributed by atoms with Crippen molar-refractivity contribution in [1.29, 1.82) is 0 Å². The maximum atomic E-state index is 15.1. The van der Waals surface area contributed by atoms with Gasteiger partial charge in [0.1, 0.15) is 17.4 Å². The minimum absolute atomic E-state index is 0.0720. The number of halogens is 8. The van der Waals surface area contributed by atoms with Crippen LogP contribution in [0.25, 0.3) is 0 Å². The Morgan fingerprint density at radius 3 is 2.36 bits per heavy atom. The summed E-state index contributed by atoms with van der Waals surface area (Å²) in [7, 11) is 0. The summed E-state index contributed by atoms with van der Waals surface area (Å²) in [6.45, 7) is 2.63. The molecule has 4 rings (SSSR count). The van der Waals surface area contributed by atoms with Crippen molar-refractivity contribution in [2.75, 3.05) is 6.54 Å². The van der Waals surface area contributed by atoms with Gasteiger partial charge in [-0.15, -0.1) is 0 Å². The summed E-state index contributed by atoms with van der Waals surface area (Å²) in [4.78, 5) is 13.4. The Bertz CT molecular complexity index is 1450. The minimum Gasteiger partial charge on any atom is -0.428 e. The molecule has 3 aromatic carbocycles. The van der Waals surface area contributed by atoms with E-state index in [1.54, 1.807) is 30.3 Å². The third-order valence-electron chi connectivity index (χ3n) is 7.50. The van der Waals surface area contributed by atoms with Crippen molar-refractivity contribution in [3.8, 4) is 5.75 Å². The maximum Gasteiger partial charge on any atom is 0.461 e. The number of benzene rings is 3. The highest BCUT2D eigenvalue weighted by molar-refractivity contribution is 5.77. The number of ether oxygens (including phenoxy) is 1. The second kappa shape index (κ2) is 14.1. The van der Waals surface area contributed by atoms with Crippen LogP contribution in [0.4, 0.5) is 39.9 Å². The average molecular weight is 644 g/mol. The van der Waals surface area contributed by atoms with E-state index < -0.39 is 66.3 Å². The van der Waals surface area contributed by atoms with Crippen LogP contribution in [0.5, 0.6) is 5.75 Å². The molecule has 244 valence electrons. The van der Waals surface area contributed by atoms with Crippen LogP contribution in [0.2, 0.25) is 0 Å². The van der Waals surface area contributed by atoms with E-state index in [1.165, 1.54) is 12.1 Å². The number of amides is 2. The molecule has 1 saturated carbocycles. The van der Waals surface area contributed by atoms with E-state index in [0.29, 0.717) is 18.2 Å². The molecule has 0 aromatic heterocycles. The molecule has 3 N–H and O–H groups in total. The lowest BCUT2D eigenvalue weighted by Gasteiger charge is -2.39. The van der Waals surface area contributed by atoms with Gasteiger partial charge in [-0.3, -0.25) is 0 Å². The zero-order valence-electron chi connectivity index (χ0n) is 24.3. The number of urea groups is 1. The molecule has 1 fully saturated rings. The monoisotopic (exact) mass is 643 g/mol. The molecule has 1 aliphatic carbocycles. The number of unbranched alkanes of at least 4 members (excludes halogenated alkanes) is 1. The van der Waals surface area contributed by atoms with E-state index in [9.17, 15) is 31.1 Å². The van der Waals surface area contributed by atoms with Crippen LogP contribution in [-0.4, -0.2) is 37.1 Å². The Balaban J connectivity index is 1.87. The summed E-state index contributed by atoms with van der Waals surface area (Å²) in [6, 6.07) is 12.6. The van der Waals surface area contributed by atoms with Crippen molar-refractivity contribution in [2.24, 2.45) is 0 Å². The fourth-order valence-corrected chi connectivity index (χ4v) is 5.21. The Labute approximate surface area is 255 Å². The first-order chi connectivity index (χ1) is 21.2. The fourth-order valence-electron chi connectivity index (χ4n) is 5.21. The van der Waals surface area contributed by atoms with Gasteiger partial charge in [-0.1, -0.05) is 49.7 Å². The van der Waals surface area contributed by atoms with Gasteiger partial charge in [0.15, 0.2) is 0 Å². The molecule has 0 radical (unpaired) electrons. The molecule has 0 unspecified atom stereocenters. The molecule has 0 bridgehead atoms. The van der Waals surface area contributed by atoms with Crippen LogP contribution in [0, 0.1) is 11.6 Å². The van der Waals surface area contributed by atoms with Gasteiger partial charge in [0.05, 0.1) is 5.54 Å². The summed E-state index contributed by atoms with van der Waals surface area (Å²) >= 11 is 0. The molecular weight excluding hydrogens is 610 g/mol. The maximum absolute atomic E-state index is 15.1. The number of hydrogen-bond donors (Lipinski definition) is 3. The van der Waals surface area contributed by atoms with Gasteiger partial charge in [0.2, 0.25) is 0 Å². The van der Waals surface area contributed by atoms with Crippen LogP contribution < -0.4 is 20.7 Å². The number of alkyl halides is 6. The molecule has 13 heteroatoms. The second-order valence-corrected chi connectivity index (χ2v) is 11.1. The minimum atomic E-state index is -4.97. The van der Waals surface area contributed by atoms with Crippen LogP contribution >= 0.6 is 0 Å². The first kappa shape index (κ1) is 34.0. The Morgan fingerprint density at radius 1 is 1.00 bits per heavy atom. The van der Waals surface area contributed by atoms with Crippen molar-refractivity contribution in [2.45, 2.75) is 75.6 Å². The molecule has 0 aliphatic heterocycles. The molecule has 5 nitrogen and oxygen atoms in total. The zero-order valence-corrected chi connectivity index (χ0v) is 24.3. The van der Waals surface area contributed by atoms with Crippen LogP contribution in [0.3, 0.4) is 0 Å². The molecule has 3 aromatic rings. The largest absolute Gasteiger partial charge is 0.461 e. The van der Waals surface area contributed by atoms with E-state index in [-0.39, 0.29) is 29.7 Å². The molecule has 0 spiro atoms.